The summed E-state index contributed by atoms with van der Waals surface area (Å²) in [6.07, 6.45) is 11.9. The second kappa shape index (κ2) is 4.53. The van der Waals surface area contributed by atoms with E-state index in [0.29, 0.717) is 0 Å². The second-order valence-electron chi connectivity index (χ2n) is 6.20. The molecule has 3 fully saturated rings. The van der Waals surface area contributed by atoms with Crippen LogP contribution in [0.3, 0.4) is 0 Å². The Morgan fingerprint density at radius 2 is 2.06 bits per heavy atom. The molecule has 0 aromatic heterocycles. The first-order valence-corrected chi connectivity index (χ1v) is 8.24. The van der Waals surface area contributed by atoms with Crippen LogP contribution in [-0.4, -0.2) is 23.1 Å². The van der Waals surface area contributed by atoms with Gasteiger partial charge in [-0.3, -0.25) is 0 Å². The molecule has 0 bridgehead atoms. The van der Waals surface area contributed by atoms with E-state index in [1.54, 1.807) is 0 Å². The predicted octanol–water partition coefficient (Wildman–Crippen LogP) is 3.58. The number of hydrogen-bond acceptors (Lipinski definition) is 2. The molecule has 1 heterocycles. The minimum Gasteiger partial charge on any atom is -0.309 e. The van der Waals surface area contributed by atoms with Crippen molar-refractivity contribution < 1.29 is 0 Å². The molecule has 3 aliphatic rings. The molecule has 2 heteroatoms. The predicted molar refractivity (Wildman–Crippen MR) is 72.0 cm³/mol. The van der Waals surface area contributed by atoms with Gasteiger partial charge in [0.25, 0.3) is 0 Å². The van der Waals surface area contributed by atoms with Crippen LogP contribution in [-0.2, 0) is 0 Å². The molecule has 1 N–H and O–H groups in total. The molecule has 3 unspecified atom stereocenters. The summed E-state index contributed by atoms with van der Waals surface area (Å²) in [6, 6.07) is 1.64. The highest BCUT2D eigenvalue weighted by atomic mass is 32.2. The van der Waals surface area contributed by atoms with Crippen LogP contribution < -0.4 is 5.32 Å². The van der Waals surface area contributed by atoms with Gasteiger partial charge in [-0.05, 0) is 43.9 Å². The molecule has 16 heavy (non-hydrogen) atoms. The van der Waals surface area contributed by atoms with E-state index in [1.165, 1.54) is 57.1 Å². The standard InChI is InChI=1S/C14H25NS/c1-2-11-10-16-13-9-14(6-3-4-7-14)8-5-12(13)15-11/h11-13,15H,2-10H2,1H3. The Bertz CT molecular complexity index is 247. The van der Waals surface area contributed by atoms with E-state index in [4.69, 9.17) is 0 Å². The monoisotopic (exact) mass is 239 g/mol. The van der Waals surface area contributed by atoms with Gasteiger partial charge in [-0.25, -0.2) is 0 Å². The highest BCUT2D eigenvalue weighted by Gasteiger charge is 2.44. The Balaban J connectivity index is 1.64. The van der Waals surface area contributed by atoms with Gasteiger partial charge in [0.1, 0.15) is 0 Å². The molecule has 2 saturated carbocycles. The van der Waals surface area contributed by atoms with Crippen LogP contribution in [0.25, 0.3) is 0 Å². The Labute approximate surface area is 104 Å². The van der Waals surface area contributed by atoms with Crippen LogP contribution in [0.1, 0.15) is 58.3 Å². The molecule has 2 aliphatic carbocycles. The average Bonchev–Trinajstić information content (AvgIpc) is 2.77. The minimum absolute atomic E-state index is 0.787. The Hall–Kier alpha value is 0.310. The van der Waals surface area contributed by atoms with E-state index >= 15 is 0 Å². The van der Waals surface area contributed by atoms with Crippen molar-refractivity contribution in [2.75, 3.05) is 5.75 Å². The number of hydrogen-bond donors (Lipinski definition) is 1. The summed E-state index contributed by atoms with van der Waals surface area (Å²) in [4.78, 5) is 0. The second-order valence-corrected chi connectivity index (χ2v) is 7.47. The third-order valence-electron chi connectivity index (χ3n) is 5.19. The van der Waals surface area contributed by atoms with Gasteiger partial charge < -0.3 is 5.32 Å². The summed E-state index contributed by atoms with van der Waals surface area (Å²) < 4.78 is 0. The van der Waals surface area contributed by atoms with Gasteiger partial charge in [0.2, 0.25) is 0 Å². The summed E-state index contributed by atoms with van der Waals surface area (Å²) in [5.74, 6) is 1.35. The Morgan fingerprint density at radius 3 is 2.81 bits per heavy atom. The molecule has 3 rings (SSSR count). The lowest BCUT2D eigenvalue weighted by Crippen LogP contribution is -2.53. The molecule has 0 radical (unpaired) electrons. The lowest BCUT2D eigenvalue weighted by molar-refractivity contribution is 0.166. The maximum atomic E-state index is 3.89. The molecular formula is C14H25NS. The summed E-state index contributed by atoms with van der Waals surface area (Å²) in [5.41, 5.74) is 0.787. The fraction of sp³-hybridized carbons (Fsp3) is 1.00. The van der Waals surface area contributed by atoms with Crippen molar-refractivity contribution in [3.63, 3.8) is 0 Å². The molecule has 1 spiro atoms. The highest BCUT2D eigenvalue weighted by molar-refractivity contribution is 8.00. The van der Waals surface area contributed by atoms with Gasteiger partial charge in [-0.15, -0.1) is 0 Å². The third-order valence-corrected chi connectivity index (χ3v) is 6.71. The zero-order valence-electron chi connectivity index (χ0n) is 10.5. The number of fused-ring (bicyclic) bond motifs is 1. The maximum absolute atomic E-state index is 3.89. The van der Waals surface area contributed by atoms with Crippen molar-refractivity contribution in [1.82, 2.24) is 5.32 Å². The molecule has 0 aromatic carbocycles. The highest BCUT2D eigenvalue weighted by Crippen LogP contribution is 2.52. The normalized spacial score (nSPS) is 42.2. The van der Waals surface area contributed by atoms with Crippen molar-refractivity contribution in [2.45, 2.75) is 75.6 Å². The SMILES string of the molecule is CCC1CSC2CC3(CCCC3)CCC2N1. The van der Waals surface area contributed by atoms with Gasteiger partial charge in [-0.2, -0.15) is 11.8 Å². The largest absolute Gasteiger partial charge is 0.309 e. The van der Waals surface area contributed by atoms with Crippen molar-refractivity contribution >= 4 is 11.8 Å². The van der Waals surface area contributed by atoms with Gasteiger partial charge in [-0.1, -0.05) is 19.8 Å². The van der Waals surface area contributed by atoms with Crippen molar-refractivity contribution in [3.8, 4) is 0 Å². The first-order valence-electron chi connectivity index (χ1n) is 7.19. The van der Waals surface area contributed by atoms with E-state index in [9.17, 15) is 0 Å². The first-order chi connectivity index (χ1) is 7.81. The Kier molecular flexibility index (Phi) is 3.23. The first kappa shape index (κ1) is 11.4. The van der Waals surface area contributed by atoms with Crippen LogP contribution in [0.5, 0.6) is 0 Å². The Morgan fingerprint density at radius 1 is 1.25 bits per heavy atom. The quantitative estimate of drug-likeness (QED) is 0.750. The summed E-state index contributed by atoms with van der Waals surface area (Å²) >= 11 is 2.28. The zero-order valence-corrected chi connectivity index (χ0v) is 11.3. The number of thioether (sulfide) groups is 1. The molecule has 1 nitrogen and oxygen atoms in total. The third kappa shape index (κ3) is 2.03. The summed E-state index contributed by atoms with van der Waals surface area (Å²) in [5, 5.41) is 4.83. The van der Waals surface area contributed by atoms with E-state index in [2.05, 4.69) is 24.0 Å². The topological polar surface area (TPSA) is 12.0 Å². The summed E-state index contributed by atoms with van der Waals surface area (Å²) in [7, 11) is 0. The lowest BCUT2D eigenvalue weighted by atomic mass is 9.71. The van der Waals surface area contributed by atoms with E-state index in [0.717, 1.165) is 22.7 Å². The molecule has 0 aromatic rings. The lowest BCUT2D eigenvalue weighted by Gasteiger charge is -2.47. The summed E-state index contributed by atoms with van der Waals surface area (Å²) in [6.45, 7) is 2.32. The fourth-order valence-electron chi connectivity index (χ4n) is 4.09. The van der Waals surface area contributed by atoms with Gasteiger partial charge in [0, 0.05) is 23.1 Å². The van der Waals surface area contributed by atoms with Crippen molar-refractivity contribution in [3.05, 3.63) is 0 Å². The van der Waals surface area contributed by atoms with Gasteiger partial charge in [0.15, 0.2) is 0 Å². The molecule has 0 amide bonds. The van der Waals surface area contributed by atoms with Gasteiger partial charge >= 0.3 is 0 Å². The maximum Gasteiger partial charge on any atom is 0.0207 e. The van der Waals surface area contributed by atoms with Crippen molar-refractivity contribution in [2.24, 2.45) is 5.41 Å². The molecule has 3 atom stereocenters. The van der Waals surface area contributed by atoms with Crippen LogP contribution in [0, 0.1) is 5.41 Å². The van der Waals surface area contributed by atoms with Crippen LogP contribution in [0.2, 0.25) is 0 Å². The minimum atomic E-state index is 0.787. The van der Waals surface area contributed by atoms with Crippen LogP contribution >= 0.6 is 11.8 Å². The fourth-order valence-corrected chi connectivity index (χ4v) is 5.82. The average molecular weight is 239 g/mol. The number of rotatable bonds is 1. The van der Waals surface area contributed by atoms with E-state index in [-0.39, 0.29) is 0 Å². The molecule has 1 aliphatic heterocycles. The van der Waals surface area contributed by atoms with E-state index < -0.39 is 0 Å². The van der Waals surface area contributed by atoms with Crippen LogP contribution in [0.15, 0.2) is 0 Å². The zero-order chi connectivity index (χ0) is 11.0. The molecule has 1 saturated heterocycles. The van der Waals surface area contributed by atoms with Gasteiger partial charge in [0.05, 0.1) is 0 Å². The van der Waals surface area contributed by atoms with Crippen LogP contribution in [0.4, 0.5) is 0 Å². The van der Waals surface area contributed by atoms with E-state index in [1.807, 2.05) is 0 Å². The molecule has 92 valence electrons. The van der Waals surface area contributed by atoms with Crippen molar-refractivity contribution in [1.29, 1.82) is 0 Å². The smallest absolute Gasteiger partial charge is 0.0207 e. The number of nitrogens with one attached hydrogen (secondary N) is 1. The molecular weight excluding hydrogens is 214 g/mol.